The molecule has 3 rings (SSSR count). The molecule has 0 unspecified atom stereocenters. The van der Waals surface area contributed by atoms with Gasteiger partial charge in [0, 0.05) is 31.5 Å². The highest BCUT2D eigenvalue weighted by molar-refractivity contribution is 7.10. The fraction of sp³-hybridized carbons (Fsp3) is 0.625. The molecule has 6 heteroatoms. The molecule has 0 bridgehead atoms. The maximum absolute atomic E-state index is 12.6. The predicted octanol–water partition coefficient (Wildman–Crippen LogP) is 1.95. The van der Waals surface area contributed by atoms with Gasteiger partial charge in [-0.25, -0.2) is 0 Å². The van der Waals surface area contributed by atoms with Crippen LogP contribution < -0.4 is 5.32 Å². The van der Waals surface area contributed by atoms with Crippen LogP contribution in [-0.2, 0) is 14.3 Å². The smallest absolute Gasteiger partial charge is 0.225 e. The van der Waals surface area contributed by atoms with Gasteiger partial charge in [0.2, 0.25) is 11.8 Å². The van der Waals surface area contributed by atoms with Gasteiger partial charge >= 0.3 is 0 Å². The van der Waals surface area contributed by atoms with Crippen molar-refractivity contribution in [2.75, 3.05) is 20.2 Å². The number of carbonyl (C=O) groups is 2. The van der Waals surface area contributed by atoms with E-state index in [4.69, 9.17) is 4.74 Å². The van der Waals surface area contributed by atoms with Gasteiger partial charge in [-0.3, -0.25) is 9.59 Å². The molecule has 2 amide bonds. The Morgan fingerprint density at radius 2 is 2.36 bits per heavy atom. The second kappa shape index (κ2) is 6.79. The van der Waals surface area contributed by atoms with E-state index in [0.717, 1.165) is 24.3 Å². The van der Waals surface area contributed by atoms with Gasteiger partial charge in [-0.05, 0) is 30.7 Å². The number of thiophene rings is 1. The monoisotopic (exact) mass is 322 g/mol. The Bertz CT molecular complexity index is 526. The summed E-state index contributed by atoms with van der Waals surface area (Å²) in [6, 6.07) is 3.82. The summed E-state index contributed by atoms with van der Waals surface area (Å²) in [5, 5.41) is 5.01. The van der Waals surface area contributed by atoms with Crippen LogP contribution in [0.25, 0.3) is 0 Å². The predicted molar refractivity (Wildman–Crippen MR) is 84.5 cm³/mol. The van der Waals surface area contributed by atoms with Crippen molar-refractivity contribution in [2.45, 2.75) is 37.8 Å². The Kier molecular flexibility index (Phi) is 4.78. The molecule has 1 N–H and O–H groups in total. The van der Waals surface area contributed by atoms with E-state index in [1.54, 1.807) is 23.3 Å². The fourth-order valence-corrected chi connectivity index (χ4v) is 4.25. The zero-order valence-corrected chi connectivity index (χ0v) is 13.6. The summed E-state index contributed by atoms with van der Waals surface area (Å²) in [4.78, 5) is 27.4. The molecular formula is C16H22N2O3S. The summed E-state index contributed by atoms with van der Waals surface area (Å²) < 4.78 is 5.55. The highest BCUT2D eigenvalue weighted by Crippen LogP contribution is 2.37. The summed E-state index contributed by atoms with van der Waals surface area (Å²) >= 11 is 1.60. The van der Waals surface area contributed by atoms with Gasteiger partial charge < -0.3 is 15.0 Å². The van der Waals surface area contributed by atoms with E-state index in [0.29, 0.717) is 19.4 Å². The van der Waals surface area contributed by atoms with Gasteiger partial charge in [-0.1, -0.05) is 6.07 Å². The Hall–Kier alpha value is -1.40. The summed E-state index contributed by atoms with van der Waals surface area (Å²) in [5.74, 6) is -0.0300. The van der Waals surface area contributed by atoms with E-state index in [1.807, 2.05) is 17.5 Å². The van der Waals surface area contributed by atoms with Crippen molar-refractivity contribution in [2.24, 2.45) is 5.92 Å². The molecule has 3 atom stereocenters. The number of ether oxygens (including phenoxy) is 1. The molecule has 3 heterocycles. The standard InChI is InChI=1S/C16H22N2O3S/c1-18-14(19)7-6-12(15(18)13-5-3-9-22-13)16(20)17-10-11-4-2-8-21-11/h3,5,9,11-12,15H,2,4,6-8,10H2,1H3,(H,17,20)/t11-,12-,15+/m0/s1. The van der Waals surface area contributed by atoms with Crippen LogP contribution in [0.4, 0.5) is 0 Å². The van der Waals surface area contributed by atoms with E-state index in [1.165, 1.54) is 0 Å². The molecule has 120 valence electrons. The molecule has 5 nitrogen and oxygen atoms in total. The molecule has 1 aromatic heterocycles. The molecule has 0 aliphatic carbocycles. The van der Waals surface area contributed by atoms with E-state index in [-0.39, 0.29) is 29.9 Å². The molecule has 22 heavy (non-hydrogen) atoms. The fourth-order valence-electron chi connectivity index (χ4n) is 3.31. The first kappa shape index (κ1) is 15.5. The van der Waals surface area contributed by atoms with Gasteiger partial charge in [-0.15, -0.1) is 11.3 Å². The van der Waals surface area contributed by atoms with E-state index < -0.39 is 0 Å². The molecule has 0 aromatic carbocycles. The average molecular weight is 322 g/mol. The number of hydrogen-bond donors (Lipinski definition) is 1. The van der Waals surface area contributed by atoms with E-state index in [9.17, 15) is 9.59 Å². The molecule has 2 aliphatic rings. The first-order valence-corrected chi connectivity index (χ1v) is 8.73. The highest BCUT2D eigenvalue weighted by Gasteiger charge is 2.39. The maximum Gasteiger partial charge on any atom is 0.225 e. The largest absolute Gasteiger partial charge is 0.376 e. The number of rotatable bonds is 4. The van der Waals surface area contributed by atoms with E-state index >= 15 is 0 Å². The quantitative estimate of drug-likeness (QED) is 0.922. The molecule has 1 aromatic rings. The van der Waals surface area contributed by atoms with Crippen LogP contribution >= 0.6 is 11.3 Å². The first-order chi connectivity index (χ1) is 10.7. The first-order valence-electron chi connectivity index (χ1n) is 7.85. The number of amides is 2. The van der Waals surface area contributed by atoms with Gasteiger partial charge in [0.15, 0.2) is 0 Å². The van der Waals surface area contributed by atoms with Crippen molar-refractivity contribution in [1.29, 1.82) is 0 Å². The SMILES string of the molecule is CN1C(=O)CC[C@H](C(=O)NC[C@@H]2CCCO2)[C@@H]1c1cccs1. The van der Waals surface area contributed by atoms with Gasteiger partial charge in [0.1, 0.15) is 0 Å². The lowest BCUT2D eigenvalue weighted by Crippen LogP contribution is -2.47. The van der Waals surface area contributed by atoms with Gasteiger partial charge in [-0.2, -0.15) is 0 Å². The van der Waals surface area contributed by atoms with Crippen molar-refractivity contribution in [3.63, 3.8) is 0 Å². The van der Waals surface area contributed by atoms with Crippen molar-refractivity contribution in [3.8, 4) is 0 Å². The topological polar surface area (TPSA) is 58.6 Å². The molecule has 2 fully saturated rings. The van der Waals surface area contributed by atoms with Crippen LogP contribution in [0.3, 0.4) is 0 Å². The summed E-state index contributed by atoms with van der Waals surface area (Å²) in [6.07, 6.45) is 3.28. The van der Waals surface area contributed by atoms with Crippen LogP contribution in [0.2, 0.25) is 0 Å². The Morgan fingerprint density at radius 3 is 3.05 bits per heavy atom. The minimum absolute atomic E-state index is 0.0354. The average Bonchev–Trinajstić information content (AvgIpc) is 3.20. The third-order valence-corrected chi connectivity index (χ3v) is 5.50. The Labute approximate surface area is 134 Å². The lowest BCUT2D eigenvalue weighted by atomic mass is 9.87. The zero-order valence-electron chi connectivity index (χ0n) is 12.8. The van der Waals surface area contributed by atoms with Gasteiger partial charge in [0.05, 0.1) is 18.1 Å². The Morgan fingerprint density at radius 1 is 1.50 bits per heavy atom. The number of nitrogens with zero attached hydrogens (tertiary/aromatic N) is 1. The second-order valence-corrected chi connectivity index (χ2v) is 6.97. The van der Waals surface area contributed by atoms with Crippen LogP contribution in [0.5, 0.6) is 0 Å². The van der Waals surface area contributed by atoms with Crippen LogP contribution in [0.15, 0.2) is 17.5 Å². The number of likely N-dealkylation sites (tertiary alicyclic amines) is 1. The molecule has 0 saturated carbocycles. The molecule has 0 radical (unpaired) electrons. The summed E-state index contributed by atoms with van der Waals surface area (Å²) in [5.41, 5.74) is 0. The Balaban J connectivity index is 1.69. The van der Waals surface area contributed by atoms with Crippen molar-refractivity contribution in [1.82, 2.24) is 10.2 Å². The molecular weight excluding hydrogens is 300 g/mol. The van der Waals surface area contributed by atoms with Crippen molar-refractivity contribution in [3.05, 3.63) is 22.4 Å². The summed E-state index contributed by atoms with van der Waals surface area (Å²) in [7, 11) is 1.80. The lowest BCUT2D eigenvalue weighted by molar-refractivity contribution is -0.141. The summed E-state index contributed by atoms with van der Waals surface area (Å²) in [6.45, 7) is 1.36. The van der Waals surface area contributed by atoms with Crippen LogP contribution in [-0.4, -0.2) is 43.0 Å². The third-order valence-electron chi connectivity index (χ3n) is 4.56. The minimum Gasteiger partial charge on any atom is -0.376 e. The minimum atomic E-state index is -0.178. The lowest BCUT2D eigenvalue weighted by Gasteiger charge is -2.37. The number of hydrogen-bond acceptors (Lipinski definition) is 4. The second-order valence-electron chi connectivity index (χ2n) is 5.99. The zero-order chi connectivity index (χ0) is 15.5. The van der Waals surface area contributed by atoms with Gasteiger partial charge in [0.25, 0.3) is 0 Å². The molecule has 2 saturated heterocycles. The van der Waals surface area contributed by atoms with Crippen LogP contribution in [0.1, 0.15) is 36.6 Å². The van der Waals surface area contributed by atoms with Crippen molar-refractivity contribution < 1.29 is 14.3 Å². The molecule has 2 aliphatic heterocycles. The normalized spacial score (nSPS) is 28.9. The van der Waals surface area contributed by atoms with E-state index in [2.05, 4.69) is 5.32 Å². The number of nitrogens with one attached hydrogen (secondary N) is 1. The van der Waals surface area contributed by atoms with Crippen LogP contribution in [0, 0.1) is 5.92 Å². The number of piperidine rings is 1. The van der Waals surface area contributed by atoms with Crippen molar-refractivity contribution >= 4 is 23.2 Å². The highest BCUT2D eigenvalue weighted by atomic mass is 32.1. The molecule has 0 spiro atoms. The maximum atomic E-state index is 12.6. The number of carbonyl (C=O) groups excluding carboxylic acids is 2. The third kappa shape index (κ3) is 3.17.